The third-order valence-electron chi connectivity index (χ3n) is 2.24. The van der Waals surface area contributed by atoms with E-state index in [2.05, 4.69) is 14.9 Å². The van der Waals surface area contributed by atoms with Gasteiger partial charge in [-0.1, -0.05) is 5.16 Å². The topological polar surface area (TPSA) is 71.9 Å². The maximum Gasteiger partial charge on any atom is 0.330 e. The van der Waals surface area contributed by atoms with Gasteiger partial charge in [0, 0.05) is 0 Å². The predicted octanol–water partition coefficient (Wildman–Crippen LogP) is 3.09. The highest BCUT2D eigenvalue weighted by molar-refractivity contribution is 7.15. The SMILES string of the molecule is N#Cc1ccc(-c2nc(COCC(F)(F)C(F)F)no2)s1. The number of nitrogens with zero attached hydrogens (tertiary/aromatic N) is 3. The van der Waals surface area contributed by atoms with Gasteiger partial charge in [-0.05, 0) is 12.1 Å². The van der Waals surface area contributed by atoms with E-state index in [4.69, 9.17) is 9.78 Å². The number of halogens is 4. The Hall–Kier alpha value is -1.99. The molecule has 10 heteroatoms. The molecule has 21 heavy (non-hydrogen) atoms. The van der Waals surface area contributed by atoms with Crippen molar-refractivity contribution in [3.63, 3.8) is 0 Å². The summed E-state index contributed by atoms with van der Waals surface area (Å²) in [5.41, 5.74) is 0. The second-order valence-electron chi connectivity index (χ2n) is 3.85. The number of hydrogen-bond donors (Lipinski definition) is 0. The minimum Gasteiger partial charge on any atom is -0.367 e. The van der Waals surface area contributed by atoms with E-state index in [9.17, 15) is 17.6 Å². The number of aromatic nitrogens is 2. The van der Waals surface area contributed by atoms with E-state index >= 15 is 0 Å². The summed E-state index contributed by atoms with van der Waals surface area (Å²) < 4.78 is 58.3. The van der Waals surface area contributed by atoms with Crippen LogP contribution in [0.4, 0.5) is 17.6 Å². The predicted molar refractivity (Wildman–Crippen MR) is 62.9 cm³/mol. The molecule has 0 saturated carbocycles. The van der Waals surface area contributed by atoms with Crippen LogP contribution in [-0.4, -0.2) is 29.1 Å². The van der Waals surface area contributed by atoms with Gasteiger partial charge in [0.05, 0.1) is 4.88 Å². The molecule has 0 fully saturated rings. The van der Waals surface area contributed by atoms with Crippen molar-refractivity contribution in [1.82, 2.24) is 10.1 Å². The molecule has 0 aliphatic heterocycles. The van der Waals surface area contributed by atoms with Crippen LogP contribution in [0, 0.1) is 11.3 Å². The Labute approximate surface area is 119 Å². The van der Waals surface area contributed by atoms with Crippen molar-refractivity contribution in [1.29, 1.82) is 5.26 Å². The Morgan fingerprint density at radius 3 is 2.81 bits per heavy atom. The van der Waals surface area contributed by atoms with E-state index in [0.29, 0.717) is 9.75 Å². The molecule has 0 saturated heterocycles. The molecule has 0 unspecified atom stereocenters. The minimum atomic E-state index is -4.22. The van der Waals surface area contributed by atoms with Gasteiger partial charge in [-0.2, -0.15) is 19.0 Å². The zero-order chi connectivity index (χ0) is 15.5. The lowest BCUT2D eigenvalue weighted by Gasteiger charge is -2.14. The Bertz CT molecular complexity index is 650. The average molecular weight is 321 g/mol. The number of nitriles is 1. The number of ether oxygens (including phenoxy) is 1. The van der Waals surface area contributed by atoms with E-state index in [0.717, 1.165) is 11.3 Å². The Morgan fingerprint density at radius 1 is 1.43 bits per heavy atom. The molecule has 5 nitrogen and oxygen atoms in total. The molecule has 0 atom stereocenters. The fourth-order valence-corrected chi connectivity index (χ4v) is 1.99. The van der Waals surface area contributed by atoms with E-state index in [1.807, 2.05) is 6.07 Å². The lowest BCUT2D eigenvalue weighted by molar-refractivity contribution is -0.168. The van der Waals surface area contributed by atoms with Crippen LogP contribution in [0.25, 0.3) is 10.8 Å². The molecule has 0 N–H and O–H groups in total. The number of hydrogen-bond acceptors (Lipinski definition) is 6. The van der Waals surface area contributed by atoms with E-state index in [1.165, 1.54) is 0 Å². The van der Waals surface area contributed by atoms with Crippen LogP contribution in [0.15, 0.2) is 16.7 Å². The summed E-state index contributed by atoms with van der Waals surface area (Å²) in [6.45, 7) is -1.92. The van der Waals surface area contributed by atoms with Crippen molar-refractivity contribution in [2.45, 2.75) is 19.0 Å². The quantitative estimate of drug-likeness (QED) is 0.765. The summed E-state index contributed by atoms with van der Waals surface area (Å²) in [6.07, 6.45) is -3.80. The summed E-state index contributed by atoms with van der Waals surface area (Å²) >= 11 is 1.11. The Kier molecular flexibility index (Phi) is 4.54. The standard InChI is InChI=1S/C11H7F4N3O2S/c12-10(13)11(14,15)5-19-4-8-17-9(20-18-8)7-2-1-6(3-16)21-7/h1-2,10H,4-5H2. The largest absolute Gasteiger partial charge is 0.367 e. The second-order valence-corrected chi connectivity index (χ2v) is 4.93. The second kappa shape index (κ2) is 6.19. The molecular weight excluding hydrogens is 314 g/mol. The van der Waals surface area contributed by atoms with Crippen LogP contribution >= 0.6 is 11.3 Å². The first-order valence-corrected chi connectivity index (χ1v) is 6.30. The van der Waals surface area contributed by atoms with Gasteiger partial charge in [0.25, 0.3) is 5.89 Å². The van der Waals surface area contributed by atoms with E-state index in [1.54, 1.807) is 12.1 Å². The molecule has 112 valence electrons. The van der Waals surface area contributed by atoms with Gasteiger partial charge >= 0.3 is 12.3 Å². The fourth-order valence-electron chi connectivity index (χ4n) is 1.27. The molecule has 0 bridgehead atoms. The molecule has 0 radical (unpaired) electrons. The maximum absolute atomic E-state index is 12.6. The minimum absolute atomic E-state index is 0.0537. The zero-order valence-electron chi connectivity index (χ0n) is 10.2. The van der Waals surface area contributed by atoms with Crippen LogP contribution in [0.3, 0.4) is 0 Å². The van der Waals surface area contributed by atoms with Gasteiger partial charge in [-0.25, -0.2) is 8.78 Å². The molecule has 0 aromatic carbocycles. The van der Waals surface area contributed by atoms with E-state index < -0.39 is 25.6 Å². The number of rotatable bonds is 6. The van der Waals surface area contributed by atoms with Crippen molar-refractivity contribution in [2.24, 2.45) is 0 Å². The molecule has 0 aliphatic rings. The van der Waals surface area contributed by atoms with Crippen LogP contribution < -0.4 is 0 Å². The lowest BCUT2D eigenvalue weighted by Crippen LogP contribution is -2.32. The number of thiophene rings is 1. The summed E-state index contributed by atoms with van der Waals surface area (Å²) in [4.78, 5) is 4.83. The van der Waals surface area contributed by atoms with Gasteiger partial charge < -0.3 is 9.26 Å². The molecule has 2 aromatic rings. The van der Waals surface area contributed by atoms with Crippen molar-refractivity contribution in [2.75, 3.05) is 6.61 Å². The summed E-state index contributed by atoms with van der Waals surface area (Å²) in [5, 5.41) is 12.2. The Balaban J connectivity index is 1.93. The maximum atomic E-state index is 12.6. The van der Waals surface area contributed by atoms with Crippen LogP contribution in [0.2, 0.25) is 0 Å². The Morgan fingerprint density at radius 2 is 2.19 bits per heavy atom. The smallest absolute Gasteiger partial charge is 0.330 e. The van der Waals surface area contributed by atoms with Crippen molar-refractivity contribution >= 4 is 11.3 Å². The first kappa shape index (κ1) is 15.4. The average Bonchev–Trinajstić information content (AvgIpc) is 3.06. The van der Waals surface area contributed by atoms with Crippen LogP contribution in [-0.2, 0) is 11.3 Å². The van der Waals surface area contributed by atoms with Gasteiger partial charge in [0.1, 0.15) is 24.2 Å². The normalized spacial score (nSPS) is 11.8. The molecule has 2 aromatic heterocycles. The monoisotopic (exact) mass is 321 g/mol. The molecular formula is C11H7F4N3O2S. The van der Waals surface area contributed by atoms with Gasteiger partial charge in [0.2, 0.25) is 0 Å². The third kappa shape index (κ3) is 3.77. The molecule has 0 spiro atoms. The summed E-state index contributed by atoms with van der Waals surface area (Å²) in [7, 11) is 0. The summed E-state index contributed by atoms with van der Waals surface area (Å²) in [5.74, 6) is -4.18. The van der Waals surface area contributed by atoms with Crippen molar-refractivity contribution < 1.29 is 26.8 Å². The molecule has 2 rings (SSSR count). The lowest BCUT2D eigenvalue weighted by atomic mass is 10.4. The highest BCUT2D eigenvalue weighted by atomic mass is 32.1. The van der Waals surface area contributed by atoms with E-state index in [-0.39, 0.29) is 11.7 Å². The van der Waals surface area contributed by atoms with Crippen molar-refractivity contribution in [3.05, 3.63) is 22.8 Å². The van der Waals surface area contributed by atoms with Crippen molar-refractivity contribution in [3.8, 4) is 16.8 Å². The highest BCUT2D eigenvalue weighted by Crippen LogP contribution is 2.26. The van der Waals surface area contributed by atoms with Gasteiger partial charge in [0.15, 0.2) is 5.82 Å². The molecule has 2 heterocycles. The van der Waals surface area contributed by atoms with Gasteiger partial charge in [-0.15, -0.1) is 11.3 Å². The summed E-state index contributed by atoms with van der Waals surface area (Å²) in [6, 6.07) is 5.08. The van der Waals surface area contributed by atoms with Crippen LogP contribution in [0.1, 0.15) is 10.7 Å². The molecule has 0 aliphatic carbocycles. The first-order valence-electron chi connectivity index (χ1n) is 5.49. The molecule has 0 amide bonds. The zero-order valence-corrected chi connectivity index (χ0v) is 11.0. The third-order valence-corrected chi connectivity index (χ3v) is 3.22. The number of alkyl halides is 4. The van der Waals surface area contributed by atoms with Gasteiger partial charge in [-0.3, -0.25) is 0 Å². The first-order chi connectivity index (χ1) is 9.92. The van der Waals surface area contributed by atoms with Crippen LogP contribution in [0.5, 0.6) is 0 Å². The highest BCUT2D eigenvalue weighted by Gasteiger charge is 2.41. The fraction of sp³-hybridized carbons (Fsp3) is 0.364.